The number of hydrogen-bond acceptors (Lipinski definition) is 2. The molecule has 1 atom stereocenters. The maximum atomic E-state index is 8.68. The maximum absolute atomic E-state index is 8.68. The molecule has 11 heavy (non-hydrogen) atoms. The van der Waals surface area contributed by atoms with Gasteiger partial charge in [0.15, 0.2) is 0 Å². The molecule has 0 aliphatic carbocycles. The third-order valence-electron chi connectivity index (χ3n) is 1.20. The van der Waals surface area contributed by atoms with Crippen molar-refractivity contribution in [2.24, 2.45) is 0 Å². The lowest BCUT2D eigenvalue weighted by atomic mass is 10.2. The summed E-state index contributed by atoms with van der Waals surface area (Å²) in [4.78, 5) is 0. The van der Waals surface area contributed by atoms with Gasteiger partial charge in [-0.2, -0.15) is 0 Å². The number of aliphatic hydroxyl groups excluding tert-OH is 2. The molecule has 0 aromatic carbocycles. The molecule has 0 aliphatic rings. The number of unbranched alkanes of at least 4 members (excludes halogenated alkanes) is 1. The van der Waals surface area contributed by atoms with Gasteiger partial charge in [-0.05, 0) is 19.8 Å². The van der Waals surface area contributed by atoms with Gasteiger partial charge >= 0.3 is 0 Å². The van der Waals surface area contributed by atoms with Crippen LogP contribution in [0.2, 0.25) is 0 Å². The molecule has 0 spiro atoms. The topological polar surface area (TPSA) is 40.5 Å². The molecule has 0 amide bonds. The molecule has 0 saturated carbocycles. The van der Waals surface area contributed by atoms with Gasteiger partial charge in [0, 0.05) is 6.61 Å². The van der Waals surface area contributed by atoms with Crippen LogP contribution in [0.4, 0.5) is 0 Å². The summed E-state index contributed by atoms with van der Waals surface area (Å²) in [7, 11) is 0. The molecule has 0 heterocycles. The van der Waals surface area contributed by atoms with E-state index >= 15 is 0 Å². The molecular weight excluding hydrogens is 140 g/mol. The zero-order valence-corrected chi connectivity index (χ0v) is 8.01. The highest BCUT2D eigenvalue weighted by atomic mass is 16.3. The molecule has 2 heteroatoms. The molecular formula is C9H22O2. The van der Waals surface area contributed by atoms with E-state index in [9.17, 15) is 0 Å². The Bertz CT molecular complexity index is 51.5. The van der Waals surface area contributed by atoms with E-state index < -0.39 is 0 Å². The highest BCUT2D eigenvalue weighted by Crippen LogP contribution is 1.97. The quantitative estimate of drug-likeness (QED) is 0.663. The molecule has 0 aliphatic heterocycles. The predicted molar refractivity (Wildman–Crippen MR) is 48.6 cm³/mol. The van der Waals surface area contributed by atoms with Crippen LogP contribution >= 0.6 is 0 Å². The molecule has 0 radical (unpaired) electrons. The molecule has 0 saturated heterocycles. The normalized spacial score (nSPS) is 11.7. The van der Waals surface area contributed by atoms with E-state index in [-0.39, 0.29) is 6.10 Å². The van der Waals surface area contributed by atoms with Gasteiger partial charge in [0.2, 0.25) is 0 Å². The highest BCUT2D eigenvalue weighted by Gasteiger charge is 1.90. The Hall–Kier alpha value is -0.0800. The van der Waals surface area contributed by atoms with Crippen molar-refractivity contribution in [3.05, 3.63) is 0 Å². The average molecular weight is 162 g/mol. The lowest BCUT2D eigenvalue weighted by molar-refractivity contribution is 0.181. The molecule has 70 valence electrons. The Labute approximate surface area is 70.3 Å². The van der Waals surface area contributed by atoms with E-state index in [0.29, 0.717) is 6.61 Å². The summed E-state index contributed by atoms with van der Waals surface area (Å²) < 4.78 is 0. The van der Waals surface area contributed by atoms with Gasteiger partial charge < -0.3 is 10.2 Å². The second kappa shape index (κ2) is 12.6. The van der Waals surface area contributed by atoms with Crippen LogP contribution in [0.1, 0.15) is 46.5 Å². The van der Waals surface area contributed by atoms with Crippen LogP contribution in [0.25, 0.3) is 0 Å². The highest BCUT2D eigenvalue weighted by molar-refractivity contribution is 4.43. The minimum atomic E-state index is -0.0973. The molecule has 0 aromatic heterocycles. The van der Waals surface area contributed by atoms with Crippen molar-refractivity contribution in [3.63, 3.8) is 0 Å². The Morgan fingerprint density at radius 1 is 1.18 bits per heavy atom. The Kier molecular flexibility index (Phi) is 15.4. The zero-order valence-electron chi connectivity index (χ0n) is 8.01. The molecule has 0 bridgehead atoms. The van der Waals surface area contributed by atoms with E-state index in [1.54, 1.807) is 0 Å². The first kappa shape index (κ1) is 13.5. The van der Waals surface area contributed by atoms with Crippen LogP contribution in [0.15, 0.2) is 0 Å². The molecule has 0 fully saturated rings. The fourth-order valence-electron chi connectivity index (χ4n) is 0.500. The third-order valence-corrected chi connectivity index (χ3v) is 1.20. The van der Waals surface area contributed by atoms with Crippen LogP contribution in [0, 0.1) is 0 Å². The van der Waals surface area contributed by atoms with Gasteiger partial charge in [0.25, 0.3) is 0 Å². The summed E-state index contributed by atoms with van der Waals surface area (Å²) in [6, 6.07) is 0. The minimum Gasteiger partial charge on any atom is -0.396 e. The fraction of sp³-hybridized carbons (Fsp3) is 1.00. The Balaban J connectivity index is 0. The molecule has 0 aromatic rings. The summed E-state index contributed by atoms with van der Waals surface area (Å²) in [6.45, 7) is 6.21. The smallest absolute Gasteiger partial charge is 0.0512 e. The summed E-state index contributed by atoms with van der Waals surface area (Å²) >= 11 is 0. The van der Waals surface area contributed by atoms with Crippen LogP contribution in [0.5, 0.6) is 0 Å². The van der Waals surface area contributed by atoms with Crippen molar-refractivity contribution in [2.45, 2.75) is 52.6 Å². The van der Waals surface area contributed by atoms with Crippen LogP contribution in [-0.4, -0.2) is 22.9 Å². The maximum Gasteiger partial charge on any atom is 0.0512 e. The standard InChI is InChI=1S/C6H14O.C3H8O/c1-3-4-5-6(2)7;1-2-3-4/h6-7H,3-5H2,1-2H3;4H,2-3H2,1H3. The Morgan fingerprint density at radius 3 is 1.73 bits per heavy atom. The van der Waals surface area contributed by atoms with Crippen molar-refractivity contribution < 1.29 is 10.2 Å². The van der Waals surface area contributed by atoms with E-state index in [2.05, 4.69) is 6.92 Å². The lowest BCUT2D eigenvalue weighted by Crippen LogP contribution is -1.97. The van der Waals surface area contributed by atoms with Crippen molar-refractivity contribution in [2.75, 3.05) is 6.61 Å². The second-order valence-corrected chi connectivity index (χ2v) is 2.71. The molecule has 1 unspecified atom stereocenters. The average Bonchev–Trinajstić information content (AvgIpc) is 2.01. The van der Waals surface area contributed by atoms with E-state index in [0.717, 1.165) is 19.3 Å². The Morgan fingerprint density at radius 2 is 1.64 bits per heavy atom. The summed E-state index contributed by atoms with van der Waals surface area (Å²) in [5.74, 6) is 0. The van der Waals surface area contributed by atoms with Gasteiger partial charge in [-0.25, -0.2) is 0 Å². The molecule has 0 rings (SSSR count). The van der Waals surface area contributed by atoms with E-state index in [4.69, 9.17) is 10.2 Å². The molecule has 2 N–H and O–H groups in total. The first-order valence-corrected chi connectivity index (χ1v) is 4.47. The van der Waals surface area contributed by atoms with Crippen molar-refractivity contribution in [1.29, 1.82) is 0 Å². The largest absolute Gasteiger partial charge is 0.396 e. The number of aliphatic hydroxyl groups is 2. The van der Waals surface area contributed by atoms with Gasteiger partial charge in [0.1, 0.15) is 0 Å². The lowest BCUT2D eigenvalue weighted by Gasteiger charge is -1.98. The first-order valence-electron chi connectivity index (χ1n) is 4.47. The monoisotopic (exact) mass is 162 g/mol. The van der Waals surface area contributed by atoms with Gasteiger partial charge in [-0.3, -0.25) is 0 Å². The summed E-state index contributed by atoms with van der Waals surface area (Å²) in [5, 5.41) is 16.6. The fourth-order valence-corrected chi connectivity index (χ4v) is 0.500. The van der Waals surface area contributed by atoms with Crippen molar-refractivity contribution >= 4 is 0 Å². The van der Waals surface area contributed by atoms with Crippen LogP contribution < -0.4 is 0 Å². The minimum absolute atomic E-state index is 0.0973. The molecule has 2 nitrogen and oxygen atoms in total. The second-order valence-electron chi connectivity index (χ2n) is 2.71. The van der Waals surface area contributed by atoms with E-state index in [1.165, 1.54) is 6.42 Å². The van der Waals surface area contributed by atoms with Gasteiger partial charge in [0.05, 0.1) is 6.10 Å². The summed E-state index contributed by atoms with van der Waals surface area (Å²) in [6.07, 6.45) is 4.07. The van der Waals surface area contributed by atoms with Crippen LogP contribution in [0.3, 0.4) is 0 Å². The van der Waals surface area contributed by atoms with Crippen LogP contribution in [-0.2, 0) is 0 Å². The van der Waals surface area contributed by atoms with E-state index in [1.807, 2.05) is 13.8 Å². The third kappa shape index (κ3) is 25.7. The van der Waals surface area contributed by atoms with Gasteiger partial charge in [-0.15, -0.1) is 0 Å². The van der Waals surface area contributed by atoms with Crippen molar-refractivity contribution in [1.82, 2.24) is 0 Å². The van der Waals surface area contributed by atoms with Crippen molar-refractivity contribution in [3.8, 4) is 0 Å². The zero-order chi connectivity index (χ0) is 9.11. The summed E-state index contributed by atoms with van der Waals surface area (Å²) in [5.41, 5.74) is 0. The number of rotatable bonds is 4. The SMILES string of the molecule is CCCCC(C)O.CCCO. The predicted octanol–water partition coefficient (Wildman–Crippen LogP) is 1.95. The first-order chi connectivity index (χ1) is 5.18. The number of hydrogen-bond donors (Lipinski definition) is 2. The van der Waals surface area contributed by atoms with Gasteiger partial charge in [-0.1, -0.05) is 26.7 Å².